The summed E-state index contributed by atoms with van der Waals surface area (Å²) < 4.78 is 26.7. The number of hydrogen-bond acceptors (Lipinski definition) is 3. The highest BCUT2D eigenvalue weighted by Crippen LogP contribution is 2.40. The van der Waals surface area contributed by atoms with Gasteiger partial charge < -0.3 is 14.6 Å². The number of carboxylic acid groups (broad SMARTS) is 1. The summed E-state index contributed by atoms with van der Waals surface area (Å²) in [5, 5.41) is 9.46. The Kier molecular flexibility index (Phi) is 14.6. The Bertz CT molecular complexity index is 910. The largest absolute Gasteiger partial charge is 0.487 e. The Morgan fingerprint density at radius 2 is 1.74 bits per heavy atom. The fourth-order valence-electron chi connectivity index (χ4n) is 3.62. The predicted molar refractivity (Wildman–Crippen MR) is 140 cm³/mol. The SMILES string of the molecule is CC.CC.CC.CCc1c(CCC(=O)O)ccc(OCc2cc(Cl)cc3c2OC(C)(C)C3)c1F. The highest BCUT2D eigenvalue weighted by molar-refractivity contribution is 6.30. The fourth-order valence-corrected chi connectivity index (χ4v) is 3.88. The molecule has 0 atom stereocenters. The van der Waals surface area contributed by atoms with Crippen molar-refractivity contribution in [1.82, 2.24) is 0 Å². The van der Waals surface area contributed by atoms with Crippen molar-refractivity contribution in [3.05, 3.63) is 57.4 Å². The van der Waals surface area contributed by atoms with E-state index < -0.39 is 11.8 Å². The molecule has 34 heavy (non-hydrogen) atoms. The lowest BCUT2D eigenvalue weighted by Crippen LogP contribution is -2.25. The molecule has 0 radical (unpaired) electrons. The molecule has 1 heterocycles. The van der Waals surface area contributed by atoms with Gasteiger partial charge in [-0.1, -0.05) is 66.1 Å². The minimum Gasteiger partial charge on any atom is -0.487 e. The number of carbonyl (C=O) groups is 1. The second-order valence-electron chi connectivity index (χ2n) is 7.64. The third-order valence-corrected chi connectivity index (χ3v) is 5.07. The molecule has 0 fully saturated rings. The van der Waals surface area contributed by atoms with Crippen LogP contribution in [0.25, 0.3) is 0 Å². The van der Waals surface area contributed by atoms with E-state index in [0.29, 0.717) is 29.0 Å². The van der Waals surface area contributed by atoms with Gasteiger partial charge in [0.25, 0.3) is 0 Å². The van der Waals surface area contributed by atoms with Gasteiger partial charge in [-0.15, -0.1) is 0 Å². The molecule has 192 valence electrons. The van der Waals surface area contributed by atoms with Crippen molar-refractivity contribution < 1.29 is 23.8 Å². The first-order valence-electron chi connectivity index (χ1n) is 12.4. The third kappa shape index (κ3) is 8.83. The molecule has 0 saturated heterocycles. The predicted octanol–water partition coefficient (Wildman–Crippen LogP) is 8.43. The van der Waals surface area contributed by atoms with Crippen LogP contribution in [-0.2, 0) is 30.7 Å². The van der Waals surface area contributed by atoms with Crippen LogP contribution in [-0.4, -0.2) is 16.7 Å². The minimum absolute atomic E-state index is 0.0333. The van der Waals surface area contributed by atoms with Crippen molar-refractivity contribution in [3.8, 4) is 11.5 Å². The number of hydrogen-bond donors (Lipinski definition) is 1. The fraction of sp³-hybridized carbons (Fsp3) is 0.536. The van der Waals surface area contributed by atoms with E-state index in [1.54, 1.807) is 18.2 Å². The van der Waals surface area contributed by atoms with E-state index in [1.807, 2.05) is 68.4 Å². The van der Waals surface area contributed by atoms with Crippen LogP contribution in [0.3, 0.4) is 0 Å². The maximum Gasteiger partial charge on any atom is 0.303 e. The summed E-state index contributed by atoms with van der Waals surface area (Å²) in [5.41, 5.74) is 2.68. The molecule has 2 aromatic carbocycles. The zero-order valence-corrected chi connectivity index (χ0v) is 23.0. The zero-order chi connectivity index (χ0) is 26.5. The smallest absolute Gasteiger partial charge is 0.303 e. The van der Waals surface area contributed by atoms with Crippen LogP contribution in [0.1, 0.15) is 91.0 Å². The molecule has 0 amide bonds. The standard InChI is InChI=1S/C22H24ClFO4.3C2H6/c1-4-17-13(6-8-19(25)26)5-7-18(20(17)24)27-12-15-10-16(23)9-14-11-22(2,3)28-21(14)15;3*1-2/h5,7,9-10H,4,6,8,11-12H2,1-3H3,(H,25,26);3*1-2H3. The van der Waals surface area contributed by atoms with E-state index in [2.05, 4.69) is 0 Å². The van der Waals surface area contributed by atoms with E-state index in [1.165, 1.54) is 0 Å². The molecule has 4 nitrogen and oxygen atoms in total. The number of rotatable bonds is 7. The number of carboxylic acids is 1. The number of ether oxygens (including phenoxy) is 2. The van der Waals surface area contributed by atoms with Gasteiger partial charge in [0, 0.05) is 23.4 Å². The first-order chi connectivity index (χ1) is 16.2. The monoisotopic (exact) mass is 496 g/mol. The quantitative estimate of drug-likeness (QED) is 0.417. The molecule has 0 aromatic heterocycles. The average Bonchev–Trinajstić information content (AvgIpc) is 3.14. The van der Waals surface area contributed by atoms with E-state index in [0.717, 1.165) is 23.3 Å². The van der Waals surface area contributed by atoms with Crippen LogP contribution in [0.2, 0.25) is 5.02 Å². The molecule has 1 N–H and O–H groups in total. The maximum absolute atomic E-state index is 14.9. The molecular formula is C28H42ClFO4. The summed E-state index contributed by atoms with van der Waals surface area (Å²) in [6, 6.07) is 6.97. The van der Waals surface area contributed by atoms with Gasteiger partial charge in [-0.05, 0) is 61.6 Å². The first-order valence-corrected chi connectivity index (χ1v) is 12.7. The molecule has 0 spiro atoms. The Labute approximate surface area is 210 Å². The molecule has 3 rings (SSSR count). The lowest BCUT2D eigenvalue weighted by atomic mass is 9.99. The number of aliphatic carboxylic acids is 1. The van der Waals surface area contributed by atoms with Crippen molar-refractivity contribution in [2.24, 2.45) is 0 Å². The van der Waals surface area contributed by atoms with Gasteiger partial charge in [0.1, 0.15) is 18.0 Å². The Morgan fingerprint density at radius 1 is 1.12 bits per heavy atom. The zero-order valence-electron chi connectivity index (χ0n) is 22.3. The molecule has 2 aromatic rings. The van der Waals surface area contributed by atoms with Gasteiger partial charge >= 0.3 is 5.97 Å². The van der Waals surface area contributed by atoms with Crippen LogP contribution < -0.4 is 9.47 Å². The molecule has 0 unspecified atom stereocenters. The van der Waals surface area contributed by atoms with Gasteiger partial charge in [-0.2, -0.15) is 0 Å². The lowest BCUT2D eigenvalue weighted by molar-refractivity contribution is -0.136. The molecule has 1 aliphatic heterocycles. The van der Waals surface area contributed by atoms with Crippen molar-refractivity contribution in [3.63, 3.8) is 0 Å². The molecule has 6 heteroatoms. The number of halogens is 2. The second-order valence-corrected chi connectivity index (χ2v) is 8.08. The Morgan fingerprint density at radius 3 is 2.29 bits per heavy atom. The van der Waals surface area contributed by atoms with Crippen LogP contribution in [0, 0.1) is 5.82 Å². The van der Waals surface area contributed by atoms with E-state index in [4.69, 9.17) is 26.2 Å². The highest BCUT2D eigenvalue weighted by Gasteiger charge is 2.32. The number of fused-ring (bicyclic) bond motifs is 1. The summed E-state index contributed by atoms with van der Waals surface area (Å²) in [6.45, 7) is 18.0. The molecule has 0 aliphatic carbocycles. The van der Waals surface area contributed by atoms with E-state index >= 15 is 0 Å². The van der Waals surface area contributed by atoms with Gasteiger partial charge in [0.05, 0.1) is 0 Å². The van der Waals surface area contributed by atoms with Crippen LogP contribution in [0.5, 0.6) is 11.5 Å². The van der Waals surface area contributed by atoms with Crippen molar-refractivity contribution in [2.75, 3.05) is 0 Å². The van der Waals surface area contributed by atoms with Crippen LogP contribution in [0.4, 0.5) is 4.39 Å². The number of benzene rings is 2. The summed E-state index contributed by atoms with van der Waals surface area (Å²) in [7, 11) is 0. The first kappa shape index (κ1) is 31.7. The topological polar surface area (TPSA) is 55.8 Å². The molecule has 1 aliphatic rings. The highest BCUT2D eigenvalue weighted by atomic mass is 35.5. The summed E-state index contributed by atoms with van der Waals surface area (Å²) in [6.07, 6.45) is 1.47. The summed E-state index contributed by atoms with van der Waals surface area (Å²) >= 11 is 6.23. The van der Waals surface area contributed by atoms with Crippen molar-refractivity contribution in [1.29, 1.82) is 0 Å². The summed E-state index contributed by atoms with van der Waals surface area (Å²) in [5.74, 6) is -0.448. The maximum atomic E-state index is 14.9. The van der Waals surface area contributed by atoms with Gasteiger partial charge in [0.15, 0.2) is 11.6 Å². The lowest BCUT2D eigenvalue weighted by Gasteiger charge is -2.19. The Hall–Kier alpha value is -2.27. The van der Waals surface area contributed by atoms with Crippen molar-refractivity contribution in [2.45, 2.75) is 100 Å². The van der Waals surface area contributed by atoms with Crippen LogP contribution in [0.15, 0.2) is 24.3 Å². The average molecular weight is 497 g/mol. The van der Waals surface area contributed by atoms with E-state index in [9.17, 15) is 9.18 Å². The second kappa shape index (κ2) is 15.6. The summed E-state index contributed by atoms with van der Waals surface area (Å²) in [4.78, 5) is 10.8. The molecular weight excluding hydrogens is 455 g/mol. The van der Waals surface area contributed by atoms with Gasteiger partial charge in [-0.25, -0.2) is 4.39 Å². The normalized spacial score (nSPS) is 12.4. The molecule has 0 bridgehead atoms. The third-order valence-electron chi connectivity index (χ3n) is 4.85. The van der Waals surface area contributed by atoms with Crippen LogP contribution >= 0.6 is 11.6 Å². The van der Waals surface area contributed by atoms with Gasteiger partial charge in [0.2, 0.25) is 0 Å². The molecule has 0 saturated carbocycles. The van der Waals surface area contributed by atoms with Crippen molar-refractivity contribution >= 4 is 17.6 Å². The van der Waals surface area contributed by atoms with Gasteiger partial charge in [-0.3, -0.25) is 4.79 Å². The van der Waals surface area contributed by atoms with E-state index in [-0.39, 0.29) is 24.4 Å². The number of aryl methyl sites for hydroxylation is 1. The minimum atomic E-state index is -0.902. The Balaban J connectivity index is 0.00000168.